The lowest BCUT2D eigenvalue weighted by Crippen LogP contribution is -2.59. The van der Waals surface area contributed by atoms with E-state index in [1.54, 1.807) is 0 Å². The molecular formula is C14H30NO12P. The third kappa shape index (κ3) is 7.54. The van der Waals surface area contributed by atoms with Crippen molar-refractivity contribution in [3.63, 3.8) is 0 Å². The van der Waals surface area contributed by atoms with E-state index in [-0.39, 0.29) is 13.2 Å². The molecule has 9 atom stereocenters. The van der Waals surface area contributed by atoms with Gasteiger partial charge in [0.05, 0.1) is 25.9 Å². The molecule has 0 aromatic rings. The van der Waals surface area contributed by atoms with Gasteiger partial charge in [-0.3, -0.25) is 9.05 Å². The molecule has 0 aromatic heterocycles. The summed E-state index contributed by atoms with van der Waals surface area (Å²) in [6.07, 6.45) is -12.1. The number of rotatable bonds is 12. The van der Waals surface area contributed by atoms with Gasteiger partial charge in [-0.05, 0) is 19.9 Å². The van der Waals surface area contributed by atoms with Crippen molar-refractivity contribution in [1.82, 2.24) is 0 Å². The fourth-order valence-electron chi connectivity index (χ4n) is 2.34. The Kier molecular flexibility index (Phi) is 10.9. The van der Waals surface area contributed by atoms with Gasteiger partial charge in [0.2, 0.25) is 0 Å². The van der Waals surface area contributed by atoms with Crippen LogP contribution in [-0.4, -0.2) is 111 Å². The first-order valence-corrected chi connectivity index (χ1v) is 10.2. The highest BCUT2D eigenvalue weighted by Crippen LogP contribution is 2.43. The maximum absolute atomic E-state index is 11.8. The van der Waals surface area contributed by atoms with Gasteiger partial charge in [0, 0.05) is 0 Å². The van der Waals surface area contributed by atoms with Crippen LogP contribution in [0, 0.1) is 0 Å². The van der Waals surface area contributed by atoms with Crippen molar-refractivity contribution < 1.29 is 58.6 Å². The zero-order valence-electron chi connectivity index (χ0n) is 15.4. The summed E-state index contributed by atoms with van der Waals surface area (Å²) >= 11 is 0. The van der Waals surface area contributed by atoms with Crippen LogP contribution in [-0.2, 0) is 23.1 Å². The minimum absolute atomic E-state index is 0.163. The molecule has 0 radical (unpaired) electrons. The summed E-state index contributed by atoms with van der Waals surface area (Å²) in [5.74, 6) is 0. The maximum atomic E-state index is 11.8. The zero-order valence-corrected chi connectivity index (χ0v) is 16.2. The average molecular weight is 435 g/mol. The molecule has 1 aliphatic heterocycles. The topological polar surface area (TPSA) is 222 Å². The molecule has 14 heteroatoms. The molecule has 0 saturated carbocycles. The summed E-state index contributed by atoms with van der Waals surface area (Å²) in [7, 11) is -4.54. The molecule has 28 heavy (non-hydrogen) atoms. The molecular weight excluding hydrogens is 405 g/mol. The van der Waals surface area contributed by atoms with Crippen LogP contribution in [0.25, 0.3) is 0 Å². The van der Waals surface area contributed by atoms with Crippen molar-refractivity contribution in [1.29, 1.82) is 0 Å². The van der Waals surface area contributed by atoms with Crippen LogP contribution in [0.2, 0.25) is 0 Å². The van der Waals surface area contributed by atoms with Crippen LogP contribution in [0.3, 0.4) is 0 Å². The predicted molar refractivity (Wildman–Crippen MR) is 91.7 cm³/mol. The van der Waals surface area contributed by atoms with E-state index in [9.17, 15) is 35.0 Å². The maximum Gasteiger partial charge on any atom is 0.472 e. The van der Waals surface area contributed by atoms with Gasteiger partial charge in [0.15, 0.2) is 6.29 Å². The quantitative estimate of drug-likeness (QED) is 0.110. The largest absolute Gasteiger partial charge is 0.472 e. The van der Waals surface area contributed by atoms with Crippen molar-refractivity contribution in [2.75, 3.05) is 26.4 Å². The minimum Gasteiger partial charge on any atom is -0.394 e. The zero-order chi connectivity index (χ0) is 21.5. The SMILES string of the molecule is C[C@@H]1O[C@@H](O[C@H](COP(=O)(O)OCCCN)[C@H](O)[C@@H](O)CO)[C@H](O)[C@H](O)[C@H]1O. The second kappa shape index (κ2) is 11.8. The van der Waals surface area contributed by atoms with Gasteiger partial charge >= 0.3 is 7.82 Å². The predicted octanol–water partition coefficient (Wildman–Crippen LogP) is -3.60. The fraction of sp³-hybridized carbons (Fsp3) is 1.00. The molecule has 0 amide bonds. The number of aliphatic hydroxyl groups excluding tert-OH is 6. The third-order valence-electron chi connectivity index (χ3n) is 4.08. The van der Waals surface area contributed by atoms with E-state index in [0.717, 1.165) is 0 Å². The lowest BCUT2D eigenvalue weighted by Gasteiger charge is -2.41. The first-order chi connectivity index (χ1) is 13.0. The number of phosphoric acid groups is 1. The smallest absolute Gasteiger partial charge is 0.394 e. The van der Waals surface area contributed by atoms with E-state index in [4.69, 9.17) is 24.8 Å². The monoisotopic (exact) mass is 435 g/mol. The molecule has 1 rings (SSSR count). The summed E-state index contributed by atoms with van der Waals surface area (Å²) in [6, 6.07) is 0. The molecule has 1 unspecified atom stereocenters. The summed E-state index contributed by atoms with van der Waals surface area (Å²) < 4.78 is 31.7. The van der Waals surface area contributed by atoms with Crippen LogP contribution in [0.5, 0.6) is 0 Å². The first-order valence-electron chi connectivity index (χ1n) is 8.68. The molecule has 0 aliphatic carbocycles. The summed E-state index contributed by atoms with van der Waals surface area (Å²) in [5.41, 5.74) is 5.25. The van der Waals surface area contributed by atoms with Crippen LogP contribution in [0.1, 0.15) is 13.3 Å². The van der Waals surface area contributed by atoms with E-state index in [1.807, 2.05) is 0 Å². The lowest BCUT2D eigenvalue weighted by molar-refractivity contribution is -0.315. The van der Waals surface area contributed by atoms with Gasteiger partial charge in [-0.2, -0.15) is 0 Å². The lowest BCUT2D eigenvalue weighted by atomic mass is 10.00. The third-order valence-corrected chi connectivity index (χ3v) is 5.07. The second-order valence-electron chi connectivity index (χ2n) is 6.34. The Bertz CT molecular complexity index is 499. The Morgan fingerprint density at radius 1 is 1.14 bits per heavy atom. The van der Waals surface area contributed by atoms with Crippen LogP contribution in [0.15, 0.2) is 0 Å². The normalized spacial score (nSPS) is 33.8. The number of hydrogen-bond acceptors (Lipinski definition) is 12. The molecule has 0 spiro atoms. The van der Waals surface area contributed by atoms with E-state index in [1.165, 1.54) is 6.92 Å². The van der Waals surface area contributed by atoms with Gasteiger partial charge in [0.25, 0.3) is 0 Å². The van der Waals surface area contributed by atoms with Crippen molar-refractivity contribution in [2.45, 2.75) is 62.4 Å². The van der Waals surface area contributed by atoms with E-state index in [2.05, 4.69) is 4.52 Å². The van der Waals surface area contributed by atoms with Crippen LogP contribution < -0.4 is 5.73 Å². The molecule has 168 valence electrons. The molecule has 0 bridgehead atoms. The average Bonchev–Trinajstić information content (AvgIpc) is 2.66. The van der Waals surface area contributed by atoms with Crippen LogP contribution in [0.4, 0.5) is 0 Å². The number of aliphatic hydroxyl groups is 6. The van der Waals surface area contributed by atoms with Gasteiger partial charge in [-0.15, -0.1) is 0 Å². The highest BCUT2D eigenvalue weighted by Gasteiger charge is 2.44. The fourth-order valence-corrected chi connectivity index (χ4v) is 3.11. The number of nitrogens with two attached hydrogens (primary N) is 1. The highest BCUT2D eigenvalue weighted by molar-refractivity contribution is 7.47. The number of ether oxygens (including phenoxy) is 2. The van der Waals surface area contributed by atoms with Gasteiger partial charge < -0.3 is 50.7 Å². The number of hydrogen-bond donors (Lipinski definition) is 8. The Balaban J connectivity index is 2.81. The highest BCUT2D eigenvalue weighted by atomic mass is 31.2. The van der Waals surface area contributed by atoms with E-state index < -0.39 is 70.1 Å². The molecule has 1 saturated heterocycles. The van der Waals surface area contributed by atoms with Gasteiger partial charge in [-0.1, -0.05) is 0 Å². The molecule has 0 aromatic carbocycles. The Morgan fingerprint density at radius 2 is 1.79 bits per heavy atom. The molecule has 1 aliphatic rings. The molecule has 9 N–H and O–H groups in total. The van der Waals surface area contributed by atoms with Crippen LogP contribution >= 0.6 is 7.82 Å². The Hall–Kier alpha value is -0.250. The van der Waals surface area contributed by atoms with E-state index >= 15 is 0 Å². The minimum atomic E-state index is -4.54. The Labute approximate surface area is 161 Å². The Morgan fingerprint density at radius 3 is 2.36 bits per heavy atom. The van der Waals surface area contributed by atoms with Gasteiger partial charge in [0.1, 0.15) is 36.6 Å². The van der Waals surface area contributed by atoms with Crippen molar-refractivity contribution in [3.05, 3.63) is 0 Å². The second-order valence-corrected chi connectivity index (χ2v) is 7.79. The summed E-state index contributed by atoms with van der Waals surface area (Å²) in [5, 5.41) is 58.2. The standard InChI is InChI=1S/C14H30NO12P/c1-7-10(18)12(20)13(21)14(26-7)27-9(11(19)8(17)5-16)6-25-28(22,23)24-4-2-3-15/h7-14,16-21H,2-6,15H2,1H3,(H,22,23)/t7-,8-,9+,10-,11+,12+,13+,14-/m0/s1. The summed E-state index contributed by atoms with van der Waals surface area (Å²) in [4.78, 5) is 9.61. The van der Waals surface area contributed by atoms with E-state index in [0.29, 0.717) is 6.42 Å². The number of phosphoric ester groups is 1. The molecule has 13 nitrogen and oxygen atoms in total. The van der Waals surface area contributed by atoms with Gasteiger partial charge in [-0.25, -0.2) is 4.57 Å². The molecule has 1 fully saturated rings. The molecule has 1 heterocycles. The first kappa shape index (κ1) is 25.8. The van der Waals surface area contributed by atoms with Crippen molar-refractivity contribution in [3.8, 4) is 0 Å². The van der Waals surface area contributed by atoms with Crippen molar-refractivity contribution in [2.24, 2.45) is 5.73 Å². The summed E-state index contributed by atoms with van der Waals surface area (Å²) in [6.45, 7) is -0.210. The van der Waals surface area contributed by atoms with Crippen molar-refractivity contribution >= 4 is 7.82 Å².